The first kappa shape index (κ1) is 16.0. The molecule has 0 saturated carbocycles. The van der Waals surface area contributed by atoms with Crippen LogP contribution in [0.25, 0.3) is 11.0 Å². The number of aromatic nitrogens is 2. The van der Waals surface area contributed by atoms with Crippen LogP contribution in [0, 0.1) is 0 Å². The van der Waals surface area contributed by atoms with Gasteiger partial charge in [-0.3, -0.25) is 9.13 Å². The summed E-state index contributed by atoms with van der Waals surface area (Å²) in [5, 5.41) is 9.57. The fraction of sp³-hybridized carbons (Fsp3) is 0.417. The zero-order valence-electron chi connectivity index (χ0n) is 10.9. The van der Waals surface area contributed by atoms with Crippen LogP contribution < -0.4 is 5.69 Å². The van der Waals surface area contributed by atoms with Crippen molar-refractivity contribution in [1.29, 1.82) is 0 Å². The molecule has 0 radical (unpaired) electrons. The maximum atomic E-state index is 13.3. The maximum Gasteiger partial charge on any atom is 0.336 e. The molecule has 0 saturated heterocycles. The van der Waals surface area contributed by atoms with E-state index in [1.807, 2.05) is 0 Å². The number of imidazole rings is 1. The molecule has 0 aliphatic heterocycles. The molecule has 0 aliphatic carbocycles. The lowest BCUT2D eigenvalue weighted by molar-refractivity contribution is -0.194. The molecule has 21 heavy (non-hydrogen) atoms. The lowest BCUT2D eigenvalue weighted by Crippen LogP contribution is -2.34. The molecule has 9 heteroatoms. The summed E-state index contributed by atoms with van der Waals surface area (Å²) in [6, 6.07) is 2.43. The molecule has 0 amide bonds. The molecule has 1 aromatic heterocycles. The van der Waals surface area contributed by atoms with Gasteiger partial charge in [0.25, 0.3) is 0 Å². The summed E-state index contributed by atoms with van der Waals surface area (Å²) in [5.74, 6) is -4.59. The third-order valence-electron chi connectivity index (χ3n) is 3.34. The summed E-state index contributed by atoms with van der Waals surface area (Å²) < 4.78 is 53.8. The lowest BCUT2D eigenvalue weighted by Gasteiger charge is -2.23. The van der Waals surface area contributed by atoms with Crippen LogP contribution in [0.3, 0.4) is 0 Å². The maximum absolute atomic E-state index is 13.3. The Bertz CT molecular complexity index is 754. The average molecular weight is 371 g/mol. The van der Waals surface area contributed by atoms with Gasteiger partial charge in [-0.1, -0.05) is 15.9 Å². The van der Waals surface area contributed by atoms with Gasteiger partial charge in [0.15, 0.2) is 0 Å². The van der Waals surface area contributed by atoms with Gasteiger partial charge in [0, 0.05) is 24.1 Å². The highest BCUT2D eigenvalue weighted by Crippen LogP contribution is 2.40. The van der Waals surface area contributed by atoms with Crippen molar-refractivity contribution in [3.05, 3.63) is 32.7 Å². The SMILES string of the molecule is Cn1c(=O)n(C)c2cc(C(O)C(F)(F)C(F)F)c(Br)cc21. The number of aliphatic hydroxyl groups is 1. The number of alkyl halides is 4. The van der Waals surface area contributed by atoms with E-state index in [1.165, 1.54) is 29.3 Å². The van der Waals surface area contributed by atoms with E-state index in [2.05, 4.69) is 15.9 Å². The molecule has 0 spiro atoms. The Morgan fingerprint density at radius 2 is 1.67 bits per heavy atom. The van der Waals surface area contributed by atoms with Crippen LogP contribution >= 0.6 is 15.9 Å². The Labute approximate surface area is 124 Å². The Morgan fingerprint density at radius 3 is 2.14 bits per heavy atom. The van der Waals surface area contributed by atoms with Crippen LogP contribution in [0.15, 0.2) is 21.4 Å². The van der Waals surface area contributed by atoms with Crippen molar-refractivity contribution in [3.8, 4) is 0 Å². The molecule has 1 N–H and O–H groups in total. The van der Waals surface area contributed by atoms with Gasteiger partial charge in [-0.05, 0) is 12.1 Å². The van der Waals surface area contributed by atoms with Crippen molar-refractivity contribution in [3.63, 3.8) is 0 Å². The molecule has 1 unspecified atom stereocenters. The zero-order valence-corrected chi connectivity index (χ0v) is 12.5. The van der Waals surface area contributed by atoms with Crippen LogP contribution in [0.4, 0.5) is 17.6 Å². The molecule has 2 aromatic rings. The fourth-order valence-electron chi connectivity index (χ4n) is 2.07. The average Bonchev–Trinajstić information content (AvgIpc) is 2.62. The monoisotopic (exact) mass is 370 g/mol. The van der Waals surface area contributed by atoms with Gasteiger partial charge >= 0.3 is 18.0 Å². The summed E-state index contributed by atoms with van der Waals surface area (Å²) in [7, 11) is 2.90. The van der Waals surface area contributed by atoms with Crippen molar-refractivity contribution < 1.29 is 22.7 Å². The van der Waals surface area contributed by atoms with Gasteiger partial charge in [-0.25, -0.2) is 13.6 Å². The topological polar surface area (TPSA) is 47.2 Å². The lowest BCUT2D eigenvalue weighted by atomic mass is 10.0. The highest BCUT2D eigenvalue weighted by molar-refractivity contribution is 9.10. The smallest absolute Gasteiger partial charge is 0.336 e. The van der Waals surface area contributed by atoms with E-state index in [4.69, 9.17) is 0 Å². The number of aryl methyl sites for hydroxylation is 2. The van der Waals surface area contributed by atoms with Crippen molar-refractivity contribution in [2.75, 3.05) is 0 Å². The van der Waals surface area contributed by atoms with Crippen LogP contribution in [-0.2, 0) is 14.1 Å². The third kappa shape index (κ3) is 2.38. The largest absolute Gasteiger partial charge is 0.382 e. The second-order valence-corrected chi connectivity index (χ2v) is 5.50. The molecule has 2 rings (SSSR count). The highest BCUT2D eigenvalue weighted by Gasteiger charge is 2.49. The molecular weight excluding hydrogens is 360 g/mol. The predicted octanol–water partition coefficient (Wildman–Crippen LogP) is 2.57. The summed E-state index contributed by atoms with van der Waals surface area (Å²) >= 11 is 2.96. The van der Waals surface area contributed by atoms with Gasteiger partial charge in [-0.2, -0.15) is 8.78 Å². The second kappa shape index (κ2) is 5.13. The molecule has 1 heterocycles. The fourth-order valence-corrected chi connectivity index (χ4v) is 2.62. The summed E-state index contributed by atoms with van der Waals surface area (Å²) in [6.45, 7) is 0. The summed E-state index contributed by atoms with van der Waals surface area (Å²) in [5.41, 5.74) is -0.131. The first-order chi connectivity index (χ1) is 9.59. The van der Waals surface area contributed by atoms with Crippen LogP contribution in [0.2, 0.25) is 0 Å². The minimum atomic E-state index is -4.59. The Hall–Kier alpha value is -1.35. The highest BCUT2D eigenvalue weighted by atomic mass is 79.9. The van der Waals surface area contributed by atoms with Crippen molar-refractivity contribution in [2.45, 2.75) is 18.5 Å². The number of hydrogen-bond donors (Lipinski definition) is 1. The van der Waals surface area contributed by atoms with Crippen molar-refractivity contribution in [2.24, 2.45) is 14.1 Å². The van der Waals surface area contributed by atoms with Gasteiger partial charge in [0.05, 0.1) is 11.0 Å². The molecule has 0 aliphatic rings. The zero-order chi connectivity index (χ0) is 16.1. The van der Waals surface area contributed by atoms with Gasteiger partial charge in [-0.15, -0.1) is 0 Å². The molecule has 0 fully saturated rings. The van der Waals surface area contributed by atoms with E-state index >= 15 is 0 Å². The standard InChI is InChI=1S/C12H11BrF4N2O2/c1-18-7-3-5(9(20)12(16,17)10(14)15)6(13)4-8(7)19(2)11(18)21/h3-4,9-10,20H,1-2H3. The quantitative estimate of drug-likeness (QED) is 0.844. The minimum Gasteiger partial charge on any atom is -0.382 e. The predicted molar refractivity (Wildman–Crippen MR) is 71.8 cm³/mol. The molecule has 0 bridgehead atoms. The minimum absolute atomic E-state index is 0.0176. The first-order valence-electron chi connectivity index (χ1n) is 5.78. The summed E-state index contributed by atoms with van der Waals surface area (Å²) in [4.78, 5) is 11.8. The van der Waals surface area contributed by atoms with Crippen LogP contribution in [0.1, 0.15) is 11.7 Å². The van der Waals surface area contributed by atoms with E-state index < -0.39 is 29.7 Å². The third-order valence-corrected chi connectivity index (χ3v) is 4.03. The molecule has 116 valence electrons. The van der Waals surface area contributed by atoms with Crippen molar-refractivity contribution in [1.82, 2.24) is 9.13 Å². The van der Waals surface area contributed by atoms with E-state index in [9.17, 15) is 27.5 Å². The molecule has 1 aromatic carbocycles. The van der Waals surface area contributed by atoms with E-state index in [-0.39, 0.29) is 9.99 Å². The Balaban J connectivity index is 2.69. The Morgan fingerprint density at radius 1 is 1.19 bits per heavy atom. The molecular formula is C12H11BrF4N2O2. The molecule has 1 atom stereocenters. The van der Waals surface area contributed by atoms with E-state index in [0.717, 1.165) is 6.07 Å². The van der Waals surface area contributed by atoms with Crippen molar-refractivity contribution >= 4 is 27.0 Å². The number of benzene rings is 1. The number of rotatable bonds is 3. The number of fused-ring (bicyclic) bond motifs is 1. The van der Waals surface area contributed by atoms with E-state index in [0.29, 0.717) is 5.52 Å². The molecule has 4 nitrogen and oxygen atoms in total. The van der Waals surface area contributed by atoms with E-state index in [1.54, 1.807) is 0 Å². The summed E-state index contributed by atoms with van der Waals surface area (Å²) in [6.07, 6.45) is -6.69. The van der Waals surface area contributed by atoms with Crippen LogP contribution in [0.5, 0.6) is 0 Å². The van der Waals surface area contributed by atoms with Crippen LogP contribution in [-0.4, -0.2) is 26.6 Å². The second-order valence-electron chi connectivity index (χ2n) is 4.64. The number of halogens is 5. The Kier molecular flexibility index (Phi) is 3.92. The number of nitrogens with zero attached hydrogens (tertiary/aromatic N) is 2. The normalized spacial score (nSPS) is 14.1. The number of aliphatic hydroxyl groups excluding tert-OH is 1. The van der Waals surface area contributed by atoms with Gasteiger partial charge < -0.3 is 5.11 Å². The van der Waals surface area contributed by atoms with Gasteiger partial charge in [0.1, 0.15) is 6.10 Å². The first-order valence-corrected chi connectivity index (χ1v) is 6.57. The number of hydrogen-bond acceptors (Lipinski definition) is 2. The van der Waals surface area contributed by atoms with Gasteiger partial charge in [0.2, 0.25) is 0 Å².